The van der Waals surface area contributed by atoms with Gasteiger partial charge in [0.15, 0.2) is 5.69 Å². The summed E-state index contributed by atoms with van der Waals surface area (Å²) < 4.78 is 1.80. The maximum absolute atomic E-state index is 11.1. The van der Waals surface area contributed by atoms with E-state index in [-0.39, 0.29) is 5.69 Å². The largest absolute Gasteiger partial charge is 0.476 e. The number of aryl methyl sites for hydroxylation is 1. The zero-order valence-electron chi connectivity index (χ0n) is 9.50. The molecule has 0 saturated heterocycles. The lowest BCUT2D eigenvalue weighted by atomic mass is 10.1. The lowest BCUT2D eigenvalue weighted by molar-refractivity contribution is 0.0691. The van der Waals surface area contributed by atoms with Crippen LogP contribution in [-0.2, 0) is 6.54 Å². The predicted octanol–water partition coefficient (Wildman–Crippen LogP) is 2.05. The van der Waals surface area contributed by atoms with Crippen molar-refractivity contribution in [1.82, 2.24) is 14.8 Å². The summed E-state index contributed by atoms with van der Waals surface area (Å²) in [6, 6.07) is 5.28. The van der Waals surface area contributed by atoms with Crippen molar-refractivity contribution in [3.63, 3.8) is 0 Å². The van der Waals surface area contributed by atoms with Gasteiger partial charge in [0.2, 0.25) is 0 Å². The molecule has 2 aromatic heterocycles. The van der Waals surface area contributed by atoms with Gasteiger partial charge < -0.3 is 5.11 Å². The first-order chi connectivity index (χ1) is 8.24. The SMILES string of the molecule is CCCn1nccc1-c1cccnc1C(=O)O. The van der Waals surface area contributed by atoms with Gasteiger partial charge in [-0.15, -0.1) is 0 Å². The fraction of sp³-hybridized carbons (Fsp3) is 0.250. The summed E-state index contributed by atoms with van der Waals surface area (Å²) >= 11 is 0. The number of aromatic nitrogens is 3. The Morgan fingerprint density at radius 3 is 2.94 bits per heavy atom. The molecule has 0 aliphatic rings. The molecule has 2 heterocycles. The molecule has 2 aromatic rings. The van der Waals surface area contributed by atoms with Crippen molar-refractivity contribution >= 4 is 5.97 Å². The summed E-state index contributed by atoms with van der Waals surface area (Å²) in [5, 5.41) is 13.3. The van der Waals surface area contributed by atoms with Crippen molar-refractivity contribution < 1.29 is 9.90 Å². The molecule has 0 unspecified atom stereocenters. The number of hydrogen-bond acceptors (Lipinski definition) is 3. The Balaban J connectivity index is 2.52. The van der Waals surface area contributed by atoms with Gasteiger partial charge in [-0.05, 0) is 24.6 Å². The van der Waals surface area contributed by atoms with Crippen molar-refractivity contribution in [1.29, 1.82) is 0 Å². The van der Waals surface area contributed by atoms with E-state index in [1.165, 1.54) is 6.20 Å². The van der Waals surface area contributed by atoms with Crippen LogP contribution < -0.4 is 0 Å². The van der Waals surface area contributed by atoms with E-state index < -0.39 is 5.97 Å². The maximum Gasteiger partial charge on any atom is 0.355 e. The van der Waals surface area contributed by atoms with Crippen LogP contribution in [0.25, 0.3) is 11.3 Å². The number of carboxylic acid groups (broad SMARTS) is 1. The zero-order valence-corrected chi connectivity index (χ0v) is 9.50. The fourth-order valence-electron chi connectivity index (χ4n) is 1.73. The number of carbonyl (C=O) groups is 1. The van der Waals surface area contributed by atoms with Crippen LogP contribution in [0, 0.1) is 0 Å². The second kappa shape index (κ2) is 4.78. The molecule has 5 nitrogen and oxygen atoms in total. The average molecular weight is 231 g/mol. The third-order valence-corrected chi connectivity index (χ3v) is 2.44. The molecule has 0 aliphatic heterocycles. The first kappa shape index (κ1) is 11.3. The molecule has 5 heteroatoms. The van der Waals surface area contributed by atoms with Gasteiger partial charge in [-0.3, -0.25) is 4.68 Å². The third kappa shape index (κ3) is 2.18. The number of nitrogens with zero attached hydrogens (tertiary/aromatic N) is 3. The van der Waals surface area contributed by atoms with E-state index in [2.05, 4.69) is 10.1 Å². The summed E-state index contributed by atoms with van der Waals surface area (Å²) in [7, 11) is 0. The molecule has 0 aliphatic carbocycles. The molecular formula is C12H13N3O2. The second-order valence-electron chi connectivity index (χ2n) is 3.64. The van der Waals surface area contributed by atoms with Crippen molar-refractivity contribution in [2.75, 3.05) is 0 Å². The van der Waals surface area contributed by atoms with Gasteiger partial charge in [0, 0.05) is 24.5 Å². The lowest BCUT2D eigenvalue weighted by Crippen LogP contribution is -2.07. The van der Waals surface area contributed by atoms with Gasteiger partial charge >= 0.3 is 5.97 Å². The molecule has 0 bridgehead atoms. The number of aromatic carboxylic acids is 1. The molecule has 0 saturated carbocycles. The zero-order chi connectivity index (χ0) is 12.3. The Morgan fingerprint density at radius 2 is 2.24 bits per heavy atom. The highest BCUT2D eigenvalue weighted by Crippen LogP contribution is 2.22. The highest BCUT2D eigenvalue weighted by Gasteiger charge is 2.15. The first-order valence-corrected chi connectivity index (χ1v) is 5.44. The average Bonchev–Trinajstić information content (AvgIpc) is 2.77. The highest BCUT2D eigenvalue weighted by molar-refractivity contribution is 5.93. The number of pyridine rings is 1. The topological polar surface area (TPSA) is 68.0 Å². The van der Waals surface area contributed by atoms with Crippen molar-refractivity contribution in [3.8, 4) is 11.3 Å². The summed E-state index contributed by atoms with van der Waals surface area (Å²) in [6.45, 7) is 2.81. The highest BCUT2D eigenvalue weighted by atomic mass is 16.4. The Labute approximate surface area is 98.7 Å². The van der Waals surface area contributed by atoms with Crippen LogP contribution in [-0.4, -0.2) is 25.8 Å². The lowest BCUT2D eigenvalue weighted by Gasteiger charge is -2.07. The molecule has 2 rings (SSSR count). The van der Waals surface area contributed by atoms with Crippen molar-refractivity contribution in [2.45, 2.75) is 19.9 Å². The van der Waals surface area contributed by atoms with E-state index in [9.17, 15) is 4.79 Å². The molecular weight excluding hydrogens is 218 g/mol. The van der Waals surface area contributed by atoms with Crippen LogP contribution >= 0.6 is 0 Å². The van der Waals surface area contributed by atoms with Gasteiger partial charge in [0.25, 0.3) is 0 Å². The van der Waals surface area contributed by atoms with Crippen molar-refractivity contribution in [3.05, 3.63) is 36.3 Å². The van der Waals surface area contributed by atoms with Gasteiger partial charge in [-0.2, -0.15) is 5.10 Å². The molecule has 0 amide bonds. The molecule has 88 valence electrons. The van der Waals surface area contributed by atoms with Crippen LogP contribution in [0.3, 0.4) is 0 Å². The Hall–Kier alpha value is -2.17. The second-order valence-corrected chi connectivity index (χ2v) is 3.64. The van der Waals surface area contributed by atoms with Gasteiger partial charge in [-0.25, -0.2) is 9.78 Å². The predicted molar refractivity (Wildman–Crippen MR) is 62.7 cm³/mol. The normalized spacial score (nSPS) is 10.4. The van der Waals surface area contributed by atoms with Gasteiger partial charge in [0.05, 0.1) is 5.69 Å². The molecule has 0 fully saturated rings. The molecule has 0 spiro atoms. The monoisotopic (exact) mass is 231 g/mol. The van der Waals surface area contributed by atoms with Crippen LogP contribution in [0.4, 0.5) is 0 Å². The minimum absolute atomic E-state index is 0.0605. The summed E-state index contributed by atoms with van der Waals surface area (Å²) in [5.74, 6) is -1.02. The minimum atomic E-state index is -1.02. The third-order valence-electron chi connectivity index (χ3n) is 2.44. The Morgan fingerprint density at radius 1 is 1.41 bits per heavy atom. The Bertz CT molecular complexity index is 534. The summed E-state index contributed by atoms with van der Waals surface area (Å²) in [4.78, 5) is 15.0. The molecule has 0 aromatic carbocycles. The van der Waals surface area contributed by atoms with E-state index in [1.54, 1.807) is 29.1 Å². The molecule has 17 heavy (non-hydrogen) atoms. The first-order valence-electron chi connectivity index (χ1n) is 5.44. The smallest absolute Gasteiger partial charge is 0.355 e. The van der Waals surface area contributed by atoms with E-state index in [0.29, 0.717) is 5.56 Å². The standard InChI is InChI=1S/C12H13N3O2/c1-2-8-15-10(5-7-14-15)9-4-3-6-13-11(9)12(16)17/h3-7H,2,8H2,1H3,(H,16,17). The van der Waals surface area contributed by atoms with E-state index >= 15 is 0 Å². The van der Waals surface area contributed by atoms with E-state index in [0.717, 1.165) is 18.7 Å². The Kier molecular flexibility index (Phi) is 3.18. The van der Waals surface area contributed by atoms with Crippen LogP contribution in [0.2, 0.25) is 0 Å². The van der Waals surface area contributed by atoms with Gasteiger partial charge in [0.1, 0.15) is 0 Å². The van der Waals surface area contributed by atoms with E-state index in [1.807, 2.05) is 6.92 Å². The van der Waals surface area contributed by atoms with Crippen LogP contribution in [0.1, 0.15) is 23.8 Å². The summed E-state index contributed by atoms with van der Waals surface area (Å²) in [5.41, 5.74) is 1.45. The summed E-state index contributed by atoms with van der Waals surface area (Å²) in [6.07, 6.45) is 4.09. The maximum atomic E-state index is 11.1. The number of hydrogen-bond donors (Lipinski definition) is 1. The quantitative estimate of drug-likeness (QED) is 0.874. The number of rotatable bonds is 4. The molecule has 0 radical (unpaired) electrons. The van der Waals surface area contributed by atoms with Gasteiger partial charge in [-0.1, -0.05) is 6.92 Å². The number of carboxylic acids is 1. The van der Waals surface area contributed by atoms with Crippen LogP contribution in [0.15, 0.2) is 30.6 Å². The van der Waals surface area contributed by atoms with E-state index in [4.69, 9.17) is 5.11 Å². The van der Waals surface area contributed by atoms with Crippen LogP contribution in [0.5, 0.6) is 0 Å². The molecule has 1 N–H and O–H groups in total. The fourth-order valence-corrected chi connectivity index (χ4v) is 1.73. The van der Waals surface area contributed by atoms with Crippen molar-refractivity contribution in [2.24, 2.45) is 0 Å². The molecule has 0 atom stereocenters. The minimum Gasteiger partial charge on any atom is -0.476 e.